The number of amides is 2. The molecule has 2 heterocycles. The zero-order valence-corrected chi connectivity index (χ0v) is 20.1. The molecule has 0 unspecified atom stereocenters. The topological polar surface area (TPSA) is 134 Å². The van der Waals surface area contributed by atoms with Gasteiger partial charge in [-0.1, -0.05) is 32.9 Å². The van der Waals surface area contributed by atoms with Crippen LogP contribution in [0.4, 0.5) is 5.69 Å². The van der Waals surface area contributed by atoms with E-state index in [9.17, 15) is 28.5 Å². The Morgan fingerprint density at radius 2 is 1.69 bits per heavy atom. The fourth-order valence-electron chi connectivity index (χ4n) is 3.85. The summed E-state index contributed by atoms with van der Waals surface area (Å²) in [7, 11) is -4.10. The standard InChI is InChI=1S/C25H22N4O5S/c1-25(2,3)18-7-9-19(10-8-18)35(33,34)27-20-11-6-17(13-26)21-22(20)24(31)29(23(21)30)15-16-5-4-12-28(32)14-16/h4-12,14,27H,15H2,1-3H3. The molecule has 3 aromatic rings. The van der Waals surface area contributed by atoms with E-state index in [1.165, 1.54) is 42.7 Å². The molecule has 0 saturated carbocycles. The molecule has 0 radical (unpaired) electrons. The predicted octanol–water partition coefficient (Wildman–Crippen LogP) is 3.09. The van der Waals surface area contributed by atoms with Crippen LogP contribution in [0, 0.1) is 16.5 Å². The van der Waals surface area contributed by atoms with E-state index in [0.717, 1.165) is 10.5 Å². The summed E-state index contributed by atoms with van der Waals surface area (Å²) in [6.45, 7) is 5.82. The van der Waals surface area contributed by atoms with Gasteiger partial charge in [0, 0.05) is 11.6 Å². The summed E-state index contributed by atoms with van der Waals surface area (Å²) in [5, 5.41) is 21.1. The molecule has 9 nitrogen and oxygen atoms in total. The van der Waals surface area contributed by atoms with Crippen molar-refractivity contribution in [3.05, 3.63) is 93.9 Å². The van der Waals surface area contributed by atoms with Gasteiger partial charge in [-0.05, 0) is 41.3 Å². The van der Waals surface area contributed by atoms with E-state index in [4.69, 9.17) is 0 Å². The van der Waals surface area contributed by atoms with E-state index >= 15 is 0 Å². The summed E-state index contributed by atoms with van der Waals surface area (Å²) in [6.07, 6.45) is 2.49. The second kappa shape index (κ2) is 8.52. The van der Waals surface area contributed by atoms with Gasteiger partial charge >= 0.3 is 0 Å². The molecule has 1 aliphatic rings. The van der Waals surface area contributed by atoms with Crippen molar-refractivity contribution >= 4 is 27.5 Å². The van der Waals surface area contributed by atoms with Crippen LogP contribution >= 0.6 is 0 Å². The number of aromatic nitrogens is 1. The lowest BCUT2D eigenvalue weighted by Gasteiger charge is -2.19. The number of rotatable bonds is 5. The highest BCUT2D eigenvalue weighted by Crippen LogP contribution is 2.34. The first-order valence-corrected chi connectivity index (χ1v) is 12.1. The Kier molecular flexibility index (Phi) is 5.82. The van der Waals surface area contributed by atoms with Crippen molar-refractivity contribution in [2.24, 2.45) is 0 Å². The second-order valence-corrected chi connectivity index (χ2v) is 10.9. The number of carbonyl (C=O) groups excluding carboxylic acids is 2. The molecular formula is C25H22N4O5S. The lowest BCUT2D eigenvalue weighted by Crippen LogP contribution is -2.31. The number of hydrogen-bond acceptors (Lipinski definition) is 6. The van der Waals surface area contributed by atoms with Crippen LogP contribution in [0.25, 0.3) is 0 Å². The smallest absolute Gasteiger partial charge is 0.264 e. The maximum Gasteiger partial charge on any atom is 0.264 e. The van der Waals surface area contributed by atoms with Crippen LogP contribution in [0.1, 0.15) is 58.2 Å². The summed E-state index contributed by atoms with van der Waals surface area (Å²) in [5.74, 6) is -1.50. The number of imide groups is 1. The van der Waals surface area contributed by atoms with Gasteiger partial charge < -0.3 is 5.21 Å². The molecule has 0 bridgehead atoms. The number of benzene rings is 2. The molecule has 2 amide bonds. The van der Waals surface area contributed by atoms with Gasteiger partial charge in [0.2, 0.25) is 0 Å². The van der Waals surface area contributed by atoms with E-state index in [-0.39, 0.29) is 39.2 Å². The Morgan fingerprint density at radius 1 is 1.03 bits per heavy atom. The average molecular weight is 491 g/mol. The zero-order chi connectivity index (χ0) is 25.5. The minimum atomic E-state index is -4.10. The summed E-state index contributed by atoms with van der Waals surface area (Å²) >= 11 is 0. The Labute approximate surface area is 202 Å². The van der Waals surface area contributed by atoms with Crippen molar-refractivity contribution in [1.82, 2.24) is 4.90 Å². The van der Waals surface area contributed by atoms with Crippen molar-refractivity contribution < 1.29 is 22.7 Å². The fourth-order valence-corrected chi connectivity index (χ4v) is 4.92. The number of nitrogens with zero attached hydrogens (tertiary/aromatic N) is 3. The average Bonchev–Trinajstić information content (AvgIpc) is 3.04. The highest BCUT2D eigenvalue weighted by molar-refractivity contribution is 7.92. The van der Waals surface area contributed by atoms with E-state index in [2.05, 4.69) is 4.72 Å². The Bertz CT molecular complexity index is 1500. The van der Waals surface area contributed by atoms with Crippen molar-refractivity contribution in [2.45, 2.75) is 37.6 Å². The number of nitrogens with one attached hydrogen (secondary N) is 1. The van der Waals surface area contributed by atoms with Crippen molar-refractivity contribution in [2.75, 3.05) is 4.72 Å². The van der Waals surface area contributed by atoms with Gasteiger partial charge in [0.15, 0.2) is 12.4 Å². The van der Waals surface area contributed by atoms with Crippen molar-refractivity contribution in [3.63, 3.8) is 0 Å². The van der Waals surface area contributed by atoms with Crippen LogP contribution in [0.2, 0.25) is 0 Å². The first-order valence-electron chi connectivity index (χ1n) is 10.7. The maximum absolute atomic E-state index is 13.2. The summed E-state index contributed by atoms with van der Waals surface area (Å²) in [4.78, 5) is 27.2. The molecule has 2 aromatic carbocycles. The van der Waals surface area contributed by atoms with Crippen LogP contribution in [-0.2, 0) is 22.0 Å². The highest BCUT2D eigenvalue weighted by Gasteiger charge is 2.40. The lowest BCUT2D eigenvalue weighted by molar-refractivity contribution is -0.605. The van der Waals surface area contributed by atoms with Crippen molar-refractivity contribution in [1.29, 1.82) is 5.26 Å². The van der Waals surface area contributed by atoms with Gasteiger partial charge in [-0.2, -0.15) is 9.99 Å². The third-order valence-electron chi connectivity index (χ3n) is 5.70. The van der Waals surface area contributed by atoms with Crippen LogP contribution in [-0.4, -0.2) is 25.1 Å². The number of anilines is 1. The number of hydrogen-bond donors (Lipinski definition) is 1. The molecule has 1 N–H and O–H groups in total. The van der Waals surface area contributed by atoms with Gasteiger partial charge in [0.05, 0.1) is 39.9 Å². The third kappa shape index (κ3) is 4.46. The molecule has 178 valence electrons. The number of carbonyl (C=O) groups is 2. The molecule has 0 spiro atoms. The molecule has 0 aliphatic carbocycles. The van der Waals surface area contributed by atoms with Crippen LogP contribution in [0.3, 0.4) is 0 Å². The monoisotopic (exact) mass is 490 g/mol. The lowest BCUT2D eigenvalue weighted by atomic mass is 9.87. The first kappa shape index (κ1) is 23.9. The van der Waals surface area contributed by atoms with E-state index < -0.39 is 21.8 Å². The molecule has 10 heteroatoms. The normalized spacial score (nSPS) is 13.5. The number of pyridine rings is 1. The SMILES string of the molecule is CC(C)(C)c1ccc(S(=O)(=O)Nc2ccc(C#N)c3c2C(=O)N(Cc2ccc[n+]([O-])c2)C3=O)cc1. The highest BCUT2D eigenvalue weighted by atomic mass is 32.2. The number of sulfonamides is 1. The van der Waals surface area contributed by atoms with Gasteiger partial charge in [-0.25, -0.2) is 8.42 Å². The summed E-state index contributed by atoms with van der Waals surface area (Å²) in [6, 6.07) is 13.9. The predicted molar refractivity (Wildman–Crippen MR) is 127 cm³/mol. The Morgan fingerprint density at radius 3 is 2.29 bits per heavy atom. The maximum atomic E-state index is 13.2. The molecule has 0 atom stereocenters. The first-order chi connectivity index (χ1) is 16.4. The number of nitriles is 1. The van der Waals surface area contributed by atoms with Gasteiger partial charge in [0.25, 0.3) is 21.8 Å². The zero-order valence-electron chi connectivity index (χ0n) is 19.3. The molecule has 1 aromatic heterocycles. The quantitative estimate of drug-likeness (QED) is 0.332. The summed E-state index contributed by atoms with van der Waals surface area (Å²) < 4.78 is 29.1. The minimum absolute atomic E-state index is 0.0125. The largest absolute Gasteiger partial charge is 0.619 e. The molecule has 0 saturated heterocycles. The molecule has 1 aliphatic heterocycles. The molecule has 35 heavy (non-hydrogen) atoms. The molecule has 4 rings (SSSR count). The van der Waals surface area contributed by atoms with E-state index in [1.807, 2.05) is 26.8 Å². The molecular weight excluding hydrogens is 468 g/mol. The van der Waals surface area contributed by atoms with Gasteiger partial charge in [0.1, 0.15) is 0 Å². The Hall–Kier alpha value is -4.23. The number of fused-ring (bicyclic) bond motifs is 1. The van der Waals surface area contributed by atoms with Crippen LogP contribution in [0.5, 0.6) is 0 Å². The minimum Gasteiger partial charge on any atom is -0.619 e. The van der Waals surface area contributed by atoms with E-state index in [1.54, 1.807) is 18.2 Å². The van der Waals surface area contributed by atoms with Crippen molar-refractivity contribution in [3.8, 4) is 6.07 Å². The molecule has 0 fully saturated rings. The van der Waals surface area contributed by atoms with Gasteiger partial charge in [-0.3, -0.25) is 19.2 Å². The Balaban J connectivity index is 1.71. The second-order valence-electron chi connectivity index (χ2n) is 9.17. The van der Waals surface area contributed by atoms with E-state index in [0.29, 0.717) is 10.3 Å². The fraction of sp³-hybridized carbons (Fsp3) is 0.200. The third-order valence-corrected chi connectivity index (χ3v) is 7.08. The summed E-state index contributed by atoms with van der Waals surface area (Å²) in [5.41, 5.74) is 0.659. The van der Waals surface area contributed by atoms with Crippen LogP contribution < -0.4 is 9.45 Å². The van der Waals surface area contributed by atoms with Gasteiger partial charge in [-0.15, -0.1) is 0 Å². The van der Waals surface area contributed by atoms with Crippen LogP contribution in [0.15, 0.2) is 65.8 Å².